The first-order valence-corrected chi connectivity index (χ1v) is 7.12. The maximum atomic E-state index is 11.7. The van der Waals surface area contributed by atoms with E-state index in [0.717, 1.165) is 32.1 Å². The summed E-state index contributed by atoms with van der Waals surface area (Å²) in [4.78, 5) is 5.46. The fourth-order valence-electron chi connectivity index (χ4n) is 1.90. The van der Waals surface area contributed by atoms with Crippen molar-refractivity contribution in [3.63, 3.8) is 0 Å². The van der Waals surface area contributed by atoms with Crippen LogP contribution in [0.25, 0.3) is 0 Å². The van der Waals surface area contributed by atoms with Crippen molar-refractivity contribution in [3.05, 3.63) is 0 Å². The van der Waals surface area contributed by atoms with Crippen LogP contribution in [-0.2, 0) is 14.9 Å². The van der Waals surface area contributed by atoms with Gasteiger partial charge in [-0.3, -0.25) is 4.84 Å². The fraction of sp³-hybridized carbons (Fsp3) is 1.00. The molecule has 0 atom stereocenters. The highest BCUT2D eigenvalue weighted by Gasteiger charge is 2.29. The summed E-state index contributed by atoms with van der Waals surface area (Å²) in [7, 11) is -3.78. The second-order valence-electron chi connectivity index (χ2n) is 4.27. The van der Waals surface area contributed by atoms with E-state index in [4.69, 9.17) is 0 Å². The first-order chi connectivity index (χ1) is 7.79. The van der Waals surface area contributed by atoms with Gasteiger partial charge < -0.3 is 0 Å². The molecule has 8 heteroatoms. The van der Waals surface area contributed by atoms with Crippen molar-refractivity contribution >= 4 is 10.0 Å². The van der Waals surface area contributed by atoms with Crippen molar-refractivity contribution in [2.45, 2.75) is 38.3 Å². The first-order valence-electron chi connectivity index (χ1n) is 5.46. The summed E-state index contributed by atoms with van der Waals surface area (Å²) in [6.07, 6.45) is 0.120. The minimum absolute atomic E-state index is 0.0238. The van der Waals surface area contributed by atoms with Crippen LogP contribution in [-0.4, -0.2) is 27.0 Å². The third-order valence-corrected chi connectivity index (χ3v) is 3.88. The van der Waals surface area contributed by atoms with E-state index in [1.54, 1.807) is 0 Å². The van der Waals surface area contributed by atoms with Crippen molar-refractivity contribution in [3.8, 4) is 0 Å². The third kappa shape index (κ3) is 6.85. The molecule has 1 aliphatic carbocycles. The number of hydrogen-bond donors (Lipinski definition) is 1. The van der Waals surface area contributed by atoms with Gasteiger partial charge in [0.2, 0.25) is 10.0 Å². The van der Waals surface area contributed by atoms with Crippen LogP contribution >= 0.6 is 0 Å². The Kier molecular flexibility index (Phi) is 5.21. The summed E-state index contributed by atoms with van der Waals surface area (Å²) in [5.74, 6) is -0.138. The standard InChI is InChI=1S/C9H16F3NO3S/c10-9(11,12)7-16-13-17(14,15)6-8-4-2-1-3-5-8/h8,13H,1-7H2. The van der Waals surface area contributed by atoms with Gasteiger partial charge in [0.1, 0.15) is 0 Å². The first kappa shape index (κ1) is 14.7. The maximum Gasteiger partial charge on any atom is 0.413 e. The van der Waals surface area contributed by atoms with Crippen molar-refractivity contribution in [2.75, 3.05) is 12.4 Å². The third-order valence-electron chi connectivity index (χ3n) is 2.60. The maximum absolute atomic E-state index is 11.7. The minimum atomic E-state index is -4.53. The lowest BCUT2D eigenvalue weighted by Crippen LogP contribution is -2.33. The van der Waals surface area contributed by atoms with Crippen molar-refractivity contribution in [2.24, 2.45) is 5.92 Å². The Labute approximate surface area is 98.5 Å². The molecule has 4 nitrogen and oxygen atoms in total. The highest BCUT2D eigenvalue weighted by Crippen LogP contribution is 2.24. The van der Waals surface area contributed by atoms with Gasteiger partial charge in [-0.1, -0.05) is 24.1 Å². The Morgan fingerprint density at radius 1 is 1.18 bits per heavy atom. The minimum Gasteiger partial charge on any atom is -0.278 e. The van der Waals surface area contributed by atoms with Gasteiger partial charge in [0, 0.05) is 0 Å². The SMILES string of the molecule is O=S(=O)(CC1CCCCC1)NOCC(F)(F)F. The molecule has 1 N–H and O–H groups in total. The monoisotopic (exact) mass is 275 g/mol. The van der Waals surface area contributed by atoms with Gasteiger partial charge in [-0.15, -0.1) is 0 Å². The van der Waals surface area contributed by atoms with E-state index in [2.05, 4.69) is 4.84 Å². The summed E-state index contributed by atoms with van der Waals surface area (Å²) in [6, 6.07) is 0. The molecule has 1 saturated carbocycles. The highest BCUT2D eigenvalue weighted by atomic mass is 32.2. The molecule has 0 aliphatic heterocycles. The largest absolute Gasteiger partial charge is 0.413 e. The van der Waals surface area contributed by atoms with Crippen molar-refractivity contribution < 1.29 is 26.4 Å². The molecule has 1 aliphatic rings. The quantitative estimate of drug-likeness (QED) is 0.781. The second-order valence-corrected chi connectivity index (χ2v) is 6.00. The number of hydrogen-bond acceptors (Lipinski definition) is 3. The molecule has 0 heterocycles. The van der Waals surface area contributed by atoms with Gasteiger partial charge >= 0.3 is 6.18 Å². The van der Waals surface area contributed by atoms with Crippen LogP contribution in [0.3, 0.4) is 0 Å². The molecule has 0 radical (unpaired) electrons. The lowest BCUT2D eigenvalue weighted by atomic mass is 9.91. The van der Waals surface area contributed by atoms with E-state index in [-0.39, 0.29) is 11.7 Å². The Hall–Kier alpha value is -0.340. The van der Waals surface area contributed by atoms with Crippen LogP contribution in [0.1, 0.15) is 32.1 Å². The van der Waals surface area contributed by atoms with Crippen LogP contribution < -0.4 is 4.89 Å². The van der Waals surface area contributed by atoms with E-state index >= 15 is 0 Å². The van der Waals surface area contributed by atoms with Crippen LogP contribution in [0.5, 0.6) is 0 Å². The molecular formula is C9H16F3NO3S. The van der Waals surface area contributed by atoms with Crippen molar-refractivity contribution in [1.29, 1.82) is 0 Å². The average molecular weight is 275 g/mol. The van der Waals surface area contributed by atoms with E-state index in [0.29, 0.717) is 0 Å². The van der Waals surface area contributed by atoms with Gasteiger partial charge in [0.15, 0.2) is 6.61 Å². The smallest absolute Gasteiger partial charge is 0.278 e. The van der Waals surface area contributed by atoms with E-state index in [1.165, 1.54) is 4.89 Å². The molecule has 0 saturated heterocycles. The molecule has 0 aromatic carbocycles. The van der Waals surface area contributed by atoms with Gasteiger partial charge in [-0.25, -0.2) is 8.42 Å². The van der Waals surface area contributed by atoms with Crippen LogP contribution in [0.4, 0.5) is 13.2 Å². The fourth-order valence-corrected chi connectivity index (χ4v) is 3.16. The molecular weight excluding hydrogens is 259 g/mol. The number of sulfonamides is 1. The normalized spacial score (nSPS) is 19.5. The van der Waals surface area contributed by atoms with E-state index < -0.39 is 22.8 Å². The van der Waals surface area contributed by atoms with Gasteiger partial charge in [0.05, 0.1) is 5.75 Å². The van der Waals surface area contributed by atoms with E-state index in [1.807, 2.05) is 0 Å². The molecule has 1 rings (SSSR count). The molecule has 1 fully saturated rings. The summed E-state index contributed by atoms with van der Waals surface area (Å²) in [5.41, 5.74) is 0. The zero-order chi connectivity index (χ0) is 12.9. The van der Waals surface area contributed by atoms with Crippen LogP contribution in [0.15, 0.2) is 0 Å². The highest BCUT2D eigenvalue weighted by molar-refractivity contribution is 7.89. The summed E-state index contributed by atoms with van der Waals surface area (Å²) >= 11 is 0. The summed E-state index contributed by atoms with van der Waals surface area (Å²) in [6.45, 7) is -1.61. The number of rotatable bonds is 5. The predicted molar refractivity (Wildman–Crippen MR) is 55.5 cm³/mol. The number of nitrogens with one attached hydrogen (secondary N) is 1. The molecule has 0 aromatic heterocycles. The average Bonchev–Trinajstić information content (AvgIpc) is 2.15. The Morgan fingerprint density at radius 2 is 1.76 bits per heavy atom. The Bertz CT molecular complexity index is 323. The molecule has 0 spiro atoms. The van der Waals surface area contributed by atoms with Gasteiger partial charge in [-0.2, -0.15) is 13.2 Å². The second kappa shape index (κ2) is 6.01. The number of alkyl halides is 3. The molecule has 17 heavy (non-hydrogen) atoms. The molecule has 0 amide bonds. The van der Waals surface area contributed by atoms with Crippen LogP contribution in [0, 0.1) is 5.92 Å². The zero-order valence-electron chi connectivity index (χ0n) is 9.29. The summed E-state index contributed by atoms with van der Waals surface area (Å²) in [5, 5.41) is 0. The number of halogens is 3. The van der Waals surface area contributed by atoms with Gasteiger partial charge in [-0.05, 0) is 18.8 Å². The Balaban J connectivity index is 2.30. The van der Waals surface area contributed by atoms with Crippen LogP contribution in [0.2, 0.25) is 0 Å². The lowest BCUT2D eigenvalue weighted by molar-refractivity contribution is -0.181. The zero-order valence-corrected chi connectivity index (χ0v) is 10.1. The topological polar surface area (TPSA) is 55.4 Å². The molecule has 0 unspecified atom stereocenters. The van der Waals surface area contributed by atoms with Gasteiger partial charge in [0.25, 0.3) is 0 Å². The van der Waals surface area contributed by atoms with E-state index in [9.17, 15) is 21.6 Å². The molecule has 0 aromatic rings. The molecule has 102 valence electrons. The Morgan fingerprint density at radius 3 is 2.29 bits per heavy atom. The summed E-state index contributed by atoms with van der Waals surface area (Å²) < 4.78 is 58.0. The molecule has 0 bridgehead atoms. The lowest BCUT2D eigenvalue weighted by Gasteiger charge is -2.21. The van der Waals surface area contributed by atoms with Crippen molar-refractivity contribution in [1.82, 2.24) is 4.89 Å². The predicted octanol–water partition coefficient (Wildman–Crippen LogP) is 1.98.